The first-order chi connectivity index (χ1) is 33.5. The second kappa shape index (κ2) is 44.2. The van der Waals surface area contributed by atoms with Crippen LogP contribution in [0.4, 0.5) is 0 Å². The van der Waals surface area contributed by atoms with Crippen LogP contribution in [0.2, 0.25) is 0 Å². The van der Waals surface area contributed by atoms with Crippen LogP contribution in [0.15, 0.2) is 0 Å². The molecule has 1 rings (SSSR count). The third-order valence-electron chi connectivity index (χ3n) is 11.5. The predicted octanol–water partition coefficient (Wildman–Crippen LogP) is 8.14. The highest BCUT2D eigenvalue weighted by molar-refractivity contribution is 7.92. The van der Waals surface area contributed by atoms with Gasteiger partial charge >= 0.3 is 5.97 Å². The van der Waals surface area contributed by atoms with Gasteiger partial charge in [0, 0.05) is 63.0 Å². The van der Waals surface area contributed by atoms with Gasteiger partial charge in [-0.25, -0.2) is 8.42 Å². The quantitative estimate of drug-likeness (QED) is 0.0411. The Morgan fingerprint density at radius 1 is 0.629 bits per heavy atom. The largest absolute Gasteiger partial charge is 0.481 e. The van der Waals surface area contributed by atoms with Gasteiger partial charge in [-0.1, -0.05) is 117 Å². The van der Waals surface area contributed by atoms with E-state index in [1.54, 1.807) is 0 Å². The maximum Gasteiger partial charge on any atom is 0.310 e. The summed E-state index contributed by atoms with van der Waals surface area (Å²) < 4.78 is 44.8. The number of aromatic amines is 1. The van der Waals surface area contributed by atoms with Crippen molar-refractivity contribution >= 4 is 44.8 Å². The molecule has 1 heterocycles. The Kier molecular flexibility index (Phi) is 42.0. The highest BCUT2D eigenvalue weighted by Crippen LogP contribution is 2.23. The number of H-pyrrole nitrogens is 1. The molecule has 0 aliphatic carbocycles. The number of nitrogens with zero attached hydrogens (tertiary/aromatic N) is 3. The molecule has 1 aromatic heterocycles. The molecule has 406 valence electrons. The van der Waals surface area contributed by atoms with E-state index < -0.39 is 33.6 Å². The van der Waals surface area contributed by atoms with Crippen LogP contribution in [-0.4, -0.2) is 140 Å². The Balaban J connectivity index is 0.00000144. The summed E-state index contributed by atoms with van der Waals surface area (Å²) in [6.45, 7) is 13.0. The third-order valence-corrected chi connectivity index (χ3v) is 13.3. The molecule has 1 amide bonds. The highest BCUT2D eigenvalue weighted by Gasteiger charge is 2.26. The number of aliphatic carboxylic acids is 1. The third kappa shape index (κ3) is 43.3. The van der Waals surface area contributed by atoms with Crippen LogP contribution in [0, 0.1) is 11.3 Å². The van der Waals surface area contributed by atoms with Gasteiger partial charge in [0.25, 0.3) is 0 Å². The van der Waals surface area contributed by atoms with E-state index in [0.29, 0.717) is 104 Å². The van der Waals surface area contributed by atoms with E-state index in [1.165, 1.54) is 57.8 Å². The molecule has 0 aliphatic rings. The van der Waals surface area contributed by atoms with Gasteiger partial charge in [-0.05, 0) is 44.9 Å². The summed E-state index contributed by atoms with van der Waals surface area (Å²) in [4.78, 5) is 70.4. The van der Waals surface area contributed by atoms with Gasteiger partial charge in [-0.3, -0.25) is 28.8 Å². The van der Waals surface area contributed by atoms with E-state index in [9.17, 15) is 37.2 Å². The normalized spacial score (nSPS) is 12.0. The van der Waals surface area contributed by atoms with E-state index in [4.69, 9.17) is 24.1 Å². The second-order valence-corrected chi connectivity index (χ2v) is 21.2. The van der Waals surface area contributed by atoms with E-state index in [0.717, 1.165) is 44.3 Å². The summed E-state index contributed by atoms with van der Waals surface area (Å²) in [6, 6.07) is 0. The molecule has 0 unspecified atom stereocenters. The number of aryl methyl sites for hydroxylation is 1. The maximum absolute atomic E-state index is 12.3. The lowest BCUT2D eigenvalue weighted by Gasteiger charge is -2.19. The van der Waals surface area contributed by atoms with Gasteiger partial charge in [-0.15, -0.1) is 10.2 Å². The number of sulfone groups is 1. The Morgan fingerprint density at radius 3 is 1.67 bits per heavy atom. The number of carbonyl (C=O) groups excluding carboxylic acids is 5. The lowest BCUT2D eigenvalue weighted by atomic mass is 9.84. The van der Waals surface area contributed by atoms with E-state index in [2.05, 4.69) is 25.9 Å². The number of ether oxygens (including phenoxy) is 4. The van der Waals surface area contributed by atoms with Crippen molar-refractivity contribution in [3.05, 3.63) is 5.82 Å². The number of hydrogen-bond donors (Lipinski definition) is 3. The molecule has 1 atom stereocenters. The van der Waals surface area contributed by atoms with E-state index >= 15 is 0 Å². The summed E-state index contributed by atoms with van der Waals surface area (Å²) in [5.74, 6) is -1.26. The van der Waals surface area contributed by atoms with Crippen molar-refractivity contribution in [3.63, 3.8) is 0 Å². The highest BCUT2D eigenvalue weighted by atomic mass is 32.2. The molecule has 0 fully saturated rings. The number of nitrogens with one attached hydrogen (secondary N) is 2. The molecule has 0 radical (unpaired) electrons. The van der Waals surface area contributed by atoms with E-state index in [-0.39, 0.29) is 60.0 Å². The number of tetrazole rings is 1. The minimum atomic E-state index is -3.17. The van der Waals surface area contributed by atoms with Crippen molar-refractivity contribution in [3.8, 4) is 0 Å². The average molecular weight is 1020 g/mol. The van der Waals surface area contributed by atoms with Crippen LogP contribution in [0.25, 0.3) is 0 Å². The fourth-order valence-electron chi connectivity index (χ4n) is 7.29. The topological polar surface area (TPSA) is 260 Å². The van der Waals surface area contributed by atoms with Gasteiger partial charge < -0.3 is 29.4 Å². The maximum atomic E-state index is 12.3. The molecule has 0 bridgehead atoms. The van der Waals surface area contributed by atoms with Crippen LogP contribution in [-0.2, 0) is 64.0 Å². The number of hydrogen-bond acceptors (Lipinski definition) is 15. The molecule has 0 aliphatic heterocycles. The first-order valence-electron chi connectivity index (χ1n) is 26.3. The van der Waals surface area contributed by atoms with Crippen LogP contribution < -0.4 is 5.32 Å². The van der Waals surface area contributed by atoms with Crippen molar-refractivity contribution in [2.24, 2.45) is 11.3 Å². The van der Waals surface area contributed by atoms with Crippen LogP contribution in [0.5, 0.6) is 0 Å². The molecule has 0 aromatic carbocycles. The van der Waals surface area contributed by atoms with Crippen molar-refractivity contribution in [1.82, 2.24) is 25.9 Å². The number of unbranched alkanes of at least 4 members (excludes halogenated alkanes) is 13. The van der Waals surface area contributed by atoms with Crippen molar-refractivity contribution in [1.29, 1.82) is 0 Å². The second-order valence-electron chi connectivity index (χ2n) is 19.0. The molecular weight excluding hydrogens is 923 g/mol. The molecule has 0 spiro atoms. The number of amides is 1. The van der Waals surface area contributed by atoms with Gasteiger partial charge in [0.1, 0.15) is 35.3 Å². The SMILES string of the molecule is CCC(=O)CCCOCCOCCOCCOCCC(=O)NCCCC[C@H](CCC(=O)C(C)(C)C)C(=O)CC(=O)O.CCCS(=O)(=O)CC(=O)CCCCCCCCCCCCCCCc1nn[nH]n1. The van der Waals surface area contributed by atoms with E-state index in [1.807, 2.05) is 34.6 Å². The molecule has 0 saturated heterocycles. The zero-order valence-electron chi connectivity index (χ0n) is 43.8. The lowest BCUT2D eigenvalue weighted by molar-refractivity contribution is -0.141. The molecular formula is C51H93N5O13S. The number of carbonyl (C=O) groups is 6. The molecule has 0 saturated carbocycles. The number of rotatable bonds is 48. The summed E-state index contributed by atoms with van der Waals surface area (Å²) >= 11 is 0. The van der Waals surface area contributed by atoms with Crippen LogP contribution >= 0.6 is 0 Å². The first-order valence-corrected chi connectivity index (χ1v) is 28.1. The zero-order valence-corrected chi connectivity index (χ0v) is 44.7. The number of carboxylic acids is 1. The minimum absolute atomic E-state index is 0.0483. The number of ketones is 4. The Hall–Kier alpha value is -3.52. The molecule has 19 heteroatoms. The fourth-order valence-corrected chi connectivity index (χ4v) is 8.69. The summed E-state index contributed by atoms with van der Waals surface area (Å²) in [5.41, 5.74) is -0.495. The zero-order chi connectivity index (χ0) is 52.1. The summed E-state index contributed by atoms with van der Waals surface area (Å²) in [5, 5.41) is 25.7. The molecule has 18 nitrogen and oxygen atoms in total. The molecule has 1 aromatic rings. The van der Waals surface area contributed by atoms with Gasteiger partial charge in [0.05, 0.1) is 52.0 Å². The van der Waals surface area contributed by atoms with Gasteiger partial charge in [-0.2, -0.15) is 5.21 Å². The molecule has 70 heavy (non-hydrogen) atoms. The van der Waals surface area contributed by atoms with Crippen LogP contribution in [0.3, 0.4) is 0 Å². The van der Waals surface area contributed by atoms with Crippen molar-refractivity contribution in [2.75, 3.05) is 70.9 Å². The van der Waals surface area contributed by atoms with Gasteiger partial charge in [0.15, 0.2) is 15.7 Å². The smallest absolute Gasteiger partial charge is 0.310 e. The van der Waals surface area contributed by atoms with Gasteiger partial charge in [0.2, 0.25) is 5.91 Å². The molecule has 3 N–H and O–H groups in total. The number of carboxylic acid groups (broad SMARTS) is 1. The lowest BCUT2D eigenvalue weighted by Crippen LogP contribution is -2.26. The average Bonchev–Trinajstić information content (AvgIpc) is 3.82. The summed E-state index contributed by atoms with van der Waals surface area (Å²) in [6.07, 6.45) is 21.6. The van der Waals surface area contributed by atoms with Crippen LogP contribution in [0.1, 0.15) is 201 Å². The van der Waals surface area contributed by atoms with Crippen molar-refractivity contribution < 1.29 is 61.2 Å². The fraction of sp³-hybridized carbons (Fsp3) is 0.863. The van der Waals surface area contributed by atoms with Crippen molar-refractivity contribution in [2.45, 2.75) is 202 Å². The standard InChI is InChI=1S/C30H53NO10.C21H40N4O3S/c1-5-25(32)10-8-15-38-17-19-40-21-22-41-20-18-39-16-13-28(35)31-14-7-6-9-24(26(33)23-29(36)37)11-12-27(34)30(2,3)4;1-2-18-29(27,28)19-20(26)16-14-12-10-8-6-4-3-5-7-9-11-13-15-17-21-22-24-25-23-21/h24H,5-23H2,1-4H3,(H,31,35)(H,36,37);2-19H2,1H3,(H,22,23,24,25)/t24-;/m1./s1. The Bertz CT molecular complexity index is 1620. The number of Topliss-reactive ketones (excluding diaryl/α,β-unsaturated/α-hetero) is 4. The predicted molar refractivity (Wildman–Crippen MR) is 270 cm³/mol. The first kappa shape index (κ1) is 66.5. The monoisotopic (exact) mass is 1020 g/mol. The Labute approximate surface area is 420 Å². The number of aromatic nitrogens is 4. The Morgan fingerprint density at radius 2 is 1.16 bits per heavy atom. The minimum Gasteiger partial charge on any atom is -0.481 e. The summed E-state index contributed by atoms with van der Waals surface area (Å²) in [7, 11) is -3.17.